The van der Waals surface area contributed by atoms with Gasteiger partial charge in [-0.3, -0.25) is 0 Å². The topological polar surface area (TPSA) is 9.23 Å². The van der Waals surface area contributed by atoms with Crippen molar-refractivity contribution in [3.8, 4) is 5.75 Å². The van der Waals surface area contributed by atoms with E-state index in [1.165, 1.54) is 26.1 Å². The summed E-state index contributed by atoms with van der Waals surface area (Å²) in [5.74, 6) is 0.939. The van der Waals surface area contributed by atoms with Crippen LogP contribution in [0.2, 0.25) is 0 Å². The molecule has 3 aromatic rings. The Balaban J connectivity index is 1.80. The normalized spacial score (nSPS) is 10.8. The van der Waals surface area contributed by atoms with Gasteiger partial charge in [0.15, 0.2) is 0 Å². The van der Waals surface area contributed by atoms with Crippen LogP contribution < -0.4 is 4.74 Å². The lowest BCUT2D eigenvalue weighted by molar-refractivity contribution is 0.309. The van der Waals surface area contributed by atoms with Crippen molar-refractivity contribution in [2.24, 2.45) is 0 Å². The number of aryl methyl sites for hydroxylation is 2. The smallest absolute Gasteiger partial charge is 0.122 e. The van der Waals surface area contributed by atoms with E-state index in [4.69, 9.17) is 4.74 Å². The van der Waals surface area contributed by atoms with E-state index < -0.39 is 0 Å². The highest BCUT2D eigenvalue weighted by molar-refractivity contribution is 7.19. The van der Waals surface area contributed by atoms with E-state index in [9.17, 15) is 0 Å². The predicted molar refractivity (Wildman–Crippen MR) is 82.1 cm³/mol. The van der Waals surface area contributed by atoms with Crippen LogP contribution in [0.4, 0.5) is 0 Å². The molecule has 0 radical (unpaired) electrons. The quantitative estimate of drug-likeness (QED) is 0.642. The Labute approximate surface area is 117 Å². The monoisotopic (exact) mass is 268 g/mol. The molecule has 2 heteroatoms. The van der Waals surface area contributed by atoms with E-state index in [1.54, 1.807) is 0 Å². The minimum atomic E-state index is 0.641. The maximum absolute atomic E-state index is 5.85. The molecule has 0 saturated heterocycles. The molecule has 0 aliphatic carbocycles. The van der Waals surface area contributed by atoms with E-state index in [-0.39, 0.29) is 0 Å². The summed E-state index contributed by atoms with van der Waals surface area (Å²) < 4.78 is 7.22. The average molecular weight is 268 g/mol. The second kappa shape index (κ2) is 5.06. The van der Waals surface area contributed by atoms with Crippen molar-refractivity contribution < 1.29 is 4.74 Å². The van der Waals surface area contributed by atoms with Crippen LogP contribution >= 0.6 is 11.3 Å². The highest BCUT2D eigenvalue weighted by Gasteiger charge is 2.04. The second-order valence-corrected chi connectivity index (χ2v) is 5.95. The number of ether oxygens (including phenoxy) is 1. The van der Waals surface area contributed by atoms with Gasteiger partial charge >= 0.3 is 0 Å². The second-order valence-electron chi connectivity index (χ2n) is 4.81. The van der Waals surface area contributed by atoms with Gasteiger partial charge in [-0.1, -0.05) is 30.3 Å². The highest BCUT2D eigenvalue weighted by Crippen LogP contribution is 2.29. The van der Waals surface area contributed by atoms with Crippen LogP contribution in [0.15, 0.2) is 48.5 Å². The van der Waals surface area contributed by atoms with Crippen molar-refractivity contribution in [1.29, 1.82) is 0 Å². The first kappa shape index (κ1) is 12.2. The van der Waals surface area contributed by atoms with Gasteiger partial charge in [-0.15, -0.1) is 11.3 Å². The van der Waals surface area contributed by atoms with Gasteiger partial charge in [-0.25, -0.2) is 0 Å². The first-order valence-corrected chi connectivity index (χ1v) is 7.21. The lowest BCUT2D eigenvalue weighted by Gasteiger charge is -2.04. The molecule has 1 nitrogen and oxygen atoms in total. The summed E-state index contributed by atoms with van der Waals surface area (Å²) in [6.07, 6.45) is 0. The van der Waals surface area contributed by atoms with Crippen LogP contribution in [-0.2, 0) is 6.61 Å². The first-order chi connectivity index (χ1) is 9.22. The minimum absolute atomic E-state index is 0.641. The summed E-state index contributed by atoms with van der Waals surface area (Å²) in [5, 5.41) is 1.31. The number of rotatable bonds is 3. The molecule has 0 aliphatic heterocycles. The van der Waals surface area contributed by atoms with Crippen molar-refractivity contribution in [2.45, 2.75) is 20.5 Å². The maximum Gasteiger partial charge on any atom is 0.122 e. The molecule has 0 saturated carbocycles. The van der Waals surface area contributed by atoms with Crippen molar-refractivity contribution in [1.82, 2.24) is 0 Å². The summed E-state index contributed by atoms with van der Waals surface area (Å²) in [7, 11) is 0. The van der Waals surface area contributed by atoms with Gasteiger partial charge in [-0.05, 0) is 48.6 Å². The molecule has 96 valence electrons. The predicted octanol–water partition coefficient (Wildman–Crippen LogP) is 5.10. The summed E-state index contributed by atoms with van der Waals surface area (Å²) in [6.45, 7) is 4.88. The fourth-order valence-corrected chi connectivity index (χ4v) is 3.23. The molecule has 1 aromatic heterocycles. The zero-order chi connectivity index (χ0) is 13.2. The minimum Gasteiger partial charge on any atom is -0.488 e. The van der Waals surface area contributed by atoms with Gasteiger partial charge in [0.1, 0.15) is 12.4 Å². The van der Waals surface area contributed by atoms with Crippen molar-refractivity contribution >= 4 is 21.4 Å². The summed E-state index contributed by atoms with van der Waals surface area (Å²) in [6, 6.07) is 16.8. The van der Waals surface area contributed by atoms with Crippen LogP contribution in [0.5, 0.6) is 5.75 Å². The van der Waals surface area contributed by atoms with Gasteiger partial charge in [-0.2, -0.15) is 0 Å². The molecular weight excluding hydrogens is 252 g/mol. The zero-order valence-electron chi connectivity index (χ0n) is 11.1. The van der Waals surface area contributed by atoms with E-state index in [1.807, 2.05) is 23.5 Å². The molecule has 0 bridgehead atoms. The van der Waals surface area contributed by atoms with Gasteiger partial charge in [0.2, 0.25) is 0 Å². The maximum atomic E-state index is 5.85. The number of hydrogen-bond acceptors (Lipinski definition) is 2. The molecule has 0 spiro atoms. The molecular formula is C17H16OS. The Morgan fingerprint density at radius 2 is 1.84 bits per heavy atom. The Hall–Kier alpha value is -1.80. The number of benzene rings is 2. The van der Waals surface area contributed by atoms with Gasteiger partial charge < -0.3 is 4.74 Å². The van der Waals surface area contributed by atoms with Crippen molar-refractivity contribution in [3.05, 3.63) is 64.5 Å². The molecule has 0 atom stereocenters. The van der Waals surface area contributed by atoms with Crippen molar-refractivity contribution in [3.63, 3.8) is 0 Å². The highest BCUT2D eigenvalue weighted by atomic mass is 32.1. The van der Waals surface area contributed by atoms with Crippen LogP contribution in [0.1, 0.15) is 16.0 Å². The molecule has 3 rings (SSSR count). The van der Waals surface area contributed by atoms with Gasteiger partial charge in [0.05, 0.1) is 0 Å². The number of thiophene rings is 1. The standard InChI is InChI=1S/C17H16OS/c1-12-5-3-8-15(9-12)18-11-16-10-14-7-4-6-13(2)17(14)19-16/h3-10H,11H2,1-2H3. The summed E-state index contributed by atoms with van der Waals surface area (Å²) in [5.41, 5.74) is 2.56. The van der Waals surface area contributed by atoms with Crippen LogP contribution in [0, 0.1) is 13.8 Å². The van der Waals surface area contributed by atoms with Crippen LogP contribution in [0.25, 0.3) is 10.1 Å². The molecule has 1 heterocycles. The Morgan fingerprint density at radius 3 is 2.63 bits per heavy atom. The lowest BCUT2D eigenvalue weighted by atomic mass is 10.2. The Kier molecular flexibility index (Phi) is 3.26. The third kappa shape index (κ3) is 2.64. The molecule has 19 heavy (non-hydrogen) atoms. The largest absolute Gasteiger partial charge is 0.488 e. The number of hydrogen-bond donors (Lipinski definition) is 0. The first-order valence-electron chi connectivity index (χ1n) is 6.40. The van der Waals surface area contributed by atoms with Crippen LogP contribution in [0.3, 0.4) is 0 Å². The Bertz CT molecular complexity index is 712. The Morgan fingerprint density at radius 1 is 1.00 bits per heavy atom. The van der Waals surface area contributed by atoms with Crippen LogP contribution in [-0.4, -0.2) is 0 Å². The third-order valence-corrected chi connectivity index (χ3v) is 4.42. The molecule has 2 aromatic carbocycles. The van der Waals surface area contributed by atoms with E-state index in [0.29, 0.717) is 6.61 Å². The fourth-order valence-electron chi connectivity index (χ4n) is 2.19. The molecule has 0 N–H and O–H groups in total. The van der Waals surface area contributed by atoms with Crippen molar-refractivity contribution in [2.75, 3.05) is 0 Å². The van der Waals surface area contributed by atoms with E-state index >= 15 is 0 Å². The third-order valence-electron chi connectivity index (χ3n) is 3.16. The fraction of sp³-hybridized carbons (Fsp3) is 0.176. The average Bonchev–Trinajstić information content (AvgIpc) is 2.81. The zero-order valence-corrected chi connectivity index (χ0v) is 12.0. The molecule has 0 aliphatic rings. The molecule has 0 amide bonds. The summed E-state index contributed by atoms with van der Waals surface area (Å²) >= 11 is 1.82. The number of fused-ring (bicyclic) bond motifs is 1. The molecule has 0 unspecified atom stereocenters. The lowest BCUT2D eigenvalue weighted by Crippen LogP contribution is -1.92. The van der Waals surface area contributed by atoms with Gasteiger partial charge in [0.25, 0.3) is 0 Å². The molecule has 0 fully saturated rings. The van der Waals surface area contributed by atoms with E-state index in [2.05, 4.69) is 50.2 Å². The summed E-state index contributed by atoms with van der Waals surface area (Å²) in [4.78, 5) is 1.27. The van der Waals surface area contributed by atoms with E-state index in [0.717, 1.165) is 5.75 Å². The SMILES string of the molecule is Cc1cccc(OCc2cc3cccc(C)c3s2)c1. The van der Waals surface area contributed by atoms with Gasteiger partial charge in [0, 0.05) is 9.58 Å².